The van der Waals surface area contributed by atoms with E-state index in [-0.39, 0.29) is 5.56 Å². The molecule has 1 aliphatic rings. The normalized spacial score (nSPS) is 15.9. The molecule has 4 nitrogen and oxygen atoms in total. The number of hydrogen-bond donors (Lipinski definition) is 0. The van der Waals surface area contributed by atoms with E-state index in [1.54, 1.807) is 19.2 Å². The van der Waals surface area contributed by atoms with E-state index < -0.39 is 17.8 Å². The summed E-state index contributed by atoms with van der Waals surface area (Å²) >= 11 is 3.39. The second-order valence-electron chi connectivity index (χ2n) is 6.95. The van der Waals surface area contributed by atoms with Gasteiger partial charge in [0.15, 0.2) is 5.49 Å². The summed E-state index contributed by atoms with van der Waals surface area (Å²) in [5.41, 5.74) is 1.61. The van der Waals surface area contributed by atoms with Crippen molar-refractivity contribution in [2.75, 3.05) is 0 Å². The van der Waals surface area contributed by atoms with Crippen LogP contribution in [-0.2, 0) is 19.1 Å². The Labute approximate surface area is 168 Å². The summed E-state index contributed by atoms with van der Waals surface area (Å²) in [6.07, 6.45) is -0.740. The number of pyridine rings is 1. The van der Waals surface area contributed by atoms with E-state index in [0.717, 1.165) is 42.2 Å². The first kappa shape index (κ1) is 19.1. The molecule has 0 bridgehead atoms. The maximum atomic E-state index is 13.3. The number of alkyl halides is 3. The monoisotopic (exact) mass is 450 g/mol. The van der Waals surface area contributed by atoms with Crippen LogP contribution < -0.4 is 5.49 Å². The van der Waals surface area contributed by atoms with Crippen molar-refractivity contribution in [1.29, 1.82) is 0 Å². The highest BCUT2D eigenvalue weighted by molar-refractivity contribution is 9.10. The number of aryl methyl sites for hydroxylation is 2. The van der Waals surface area contributed by atoms with Crippen molar-refractivity contribution < 1.29 is 13.2 Å². The molecular weight excluding hydrogens is 433 g/mol. The van der Waals surface area contributed by atoms with Gasteiger partial charge in [0.25, 0.3) is 0 Å². The number of aromatic nitrogens is 3. The molecule has 1 aromatic carbocycles. The number of fused-ring (bicyclic) bond motifs is 3. The van der Waals surface area contributed by atoms with Crippen LogP contribution in [0, 0.1) is 6.92 Å². The topological polar surface area (TPSA) is 43.1 Å². The molecule has 1 atom stereocenters. The molecule has 3 heterocycles. The van der Waals surface area contributed by atoms with Crippen molar-refractivity contribution in [3.05, 3.63) is 63.1 Å². The number of nitrogens with zero attached hydrogens (tertiary/aromatic N) is 4. The molecule has 1 aliphatic heterocycles. The number of hydrogen-bond acceptors (Lipinski definition) is 3. The smallest absolute Gasteiger partial charge is 0.328 e. The molecule has 146 valence electrons. The summed E-state index contributed by atoms with van der Waals surface area (Å²) in [6, 6.07) is 5.63. The fraction of sp³-hybridized carbons (Fsp3) is 0.350. The molecule has 8 heteroatoms. The second-order valence-corrected chi connectivity index (χ2v) is 7.77. The van der Waals surface area contributed by atoms with E-state index in [2.05, 4.69) is 25.5 Å². The Kier molecular flexibility index (Phi) is 4.77. The van der Waals surface area contributed by atoms with Crippen LogP contribution in [0.1, 0.15) is 41.9 Å². The number of halogens is 4. The Bertz CT molecular complexity index is 1130. The van der Waals surface area contributed by atoms with Crippen LogP contribution in [0.4, 0.5) is 13.2 Å². The molecular formula is C20H18BrF3N4. The van der Waals surface area contributed by atoms with Crippen molar-refractivity contribution in [1.82, 2.24) is 14.5 Å². The summed E-state index contributed by atoms with van der Waals surface area (Å²) < 4.78 is 42.6. The van der Waals surface area contributed by atoms with Crippen molar-refractivity contribution >= 4 is 26.8 Å². The molecule has 28 heavy (non-hydrogen) atoms. The summed E-state index contributed by atoms with van der Waals surface area (Å²) in [6.45, 7) is 4.17. The lowest BCUT2D eigenvalue weighted by Crippen LogP contribution is -2.18. The first-order chi connectivity index (χ1) is 13.3. The third-order valence-corrected chi connectivity index (χ3v) is 5.59. The van der Waals surface area contributed by atoms with E-state index in [4.69, 9.17) is 9.98 Å². The number of rotatable bonds is 2. The van der Waals surface area contributed by atoms with E-state index in [9.17, 15) is 13.2 Å². The third-order valence-electron chi connectivity index (χ3n) is 5.16. The van der Waals surface area contributed by atoms with Gasteiger partial charge in [0.2, 0.25) is 0 Å². The summed E-state index contributed by atoms with van der Waals surface area (Å²) in [5.74, 6) is 0.934. The van der Waals surface area contributed by atoms with Gasteiger partial charge in [-0.2, -0.15) is 13.2 Å². The summed E-state index contributed by atoms with van der Waals surface area (Å²) in [5, 5.41) is 0.837. The Morgan fingerprint density at radius 2 is 2.07 bits per heavy atom. The van der Waals surface area contributed by atoms with Gasteiger partial charge >= 0.3 is 6.18 Å². The number of benzene rings is 1. The molecule has 0 amide bonds. The molecule has 0 spiro atoms. The highest BCUT2D eigenvalue weighted by Gasteiger charge is 2.33. The van der Waals surface area contributed by atoms with Gasteiger partial charge < -0.3 is 4.57 Å². The fourth-order valence-electron chi connectivity index (χ4n) is 3.80. The molecule has 0 unspecified atom stereocenters. The third kappa shape index (κ3) is 3.34. The molecule has 0 aliphatic carbocycles. The fourth-order valence-corrected chi connectivity index (χ4v) is 4.13. The van der Waals surface area contributed by atoms with E-state index >= 15 is 0 Å². The zero-order chi connectivity index (χ0) is 20.1. The molecule has 2 aromatic heterocycles. The van der Waals surface area contributed by atoms with Gasteiger partial charge in [-0.25, -0.2) is 9.97 Å². The van der Waals surface area contributed by atoms with Crippen molar-refractivity contribution in [2.45, 2.75) is 45.5 Å². The second kappa shape index (κ2) is 6.99. The Morgan fingerprint density at radius 3 is 2.82 bits per heavy atom. The van der Waals surface area contributed by atoms with Crippen LogP contribution in [0.5, 0.6) is 0 Å². The standard InChI is InChI=1S/C20H18BrF3N4/c1-11-13(5-3-6-15(11)20(22,23)24)12(2)26-19-14-9-17(21)25-10-16(14)28-8-4-7-18(28)27-19/h3,5-6,9-10,12H,4,7-8H2,1-2H3/b26-19-/t12-/m1/s1. The Morgan fingerprint density at radius 1 is 1.29 bits per heavy atom. The zero-order valence-electron chi connectivity index (χ0n) is 15.4. The van der Waals surface area contributed by atoms with Gasteiger partial charge in [-0.1, -0.05) is 12.1 Å². The highest BCUT2D eigenvalue weighted by Crippen LogP contribution is 2.35. The van der Waals surface area contributed by atoms with Gasteiger partial charge in [-0.05, 0) is 59.5 Å². The Balaban J connectivity index is 1.90. The predicted octanol–water partition coefficient (Wildman–Crippen LogP) is 5.13. The van der Waals surface area contributed by atoms with E-state index in [1.807, 2.05) is 6.07 Å². The molecule has 0 saturated heterocycles. The van der Waals surface area contributed by atoms with Crippen LogP contribution in [0.15, 0.2) is 40.1 Å². The van der Waals surface area contributed by atoms with Crippen molar-refractivity contribution in [3.63, 3.8) is 0 Å². The van der Waals surface area contributed by atoms with Crippen molar-refractivity contribution in [3.8, 4) is 0 Å². The Hall–Kier alpha value is -2.22. The maximum absolute atomic E-state index is 13.3. The quantitative estimate of drug-likeness (QED) is 0.508. The molecule has 0 saturated carbocycles. The predicted molar refractivity (Wildman–Crippen MR) is 104 cm³/mol. The van der Waals surface area contributed by atoms with E-state index in [1.165, 1.54) is 13.0 Å². The SMILES string of the molecule is Cc1c([C@@H](C)/N=c2\nc3n(c4cnc(Br)cc24)CCC3)cccc1C(F)(F)F. The highest BCUT2D eigenvalue weighted by atomic mass is 79.9. The van der Waals surface area contributed by atoms with Crippen LogP contribution in [0.3, 0.4) is 0 Å². The lowest BCUT2D eigenvalue weighted by atomic mass is 9.97. The lowest BCUT2D eigenvalue weighted by molar-refractivity contribution is -0.138. The first-order valence-corrected chi connectivity index (χ1v) is 9.80. The summed E-state index contributed by atoms with van der Waals surface area (Å²) in [7, 11) is 0. The molecule has 4 rings (SSSR count). The van der Waals surface area contributed by atoms with Gasteiger partial charge in [0.05, 0.1) is 23.3 Å². The van der Waals surface area contributed by atoms with Crippen LogP contribution >= 0.6 is 15.9 Å². The molecule has 3 aromatic rings. The van der Waals surface area contributed by atoms with Crippen LogP contribution in [0.25, 0.3) is 10.9 Å². The average Bonchev–Trinajstić information content (AvgIpc) is 3.09. The van der Waals surface area contributed by atoms with Crippen LogP contribution in [-0.4, -0.2) is 14.5 Å². The minimum absolute atomic E-state index is 0.203. The largest absolute Gasteiger partial charge is 0.416 e. The van der Waals surface area contributed by atoms with Crippen LogP contribution in [0.2, 0.25) is 0 Å². The minimum Gasteiger partial charge on any atom is -0.328 e. The average molecular weight is 451 g/mol. The van der Waals surface area contributed by atoms with Gasteiger partial charge in [-0.3, -0.25) is 4.99 Å². The minimum atomic E-state index is -4.38. The molecule has 0 N–H and O–H groups in total. The first-order valence-electron chi connectivity index (χ1n) is 9.01. The lowest BCUT2D eigenvalue weighted by Gasteiger charge is -2.16. The van der Waals surface area contributed by atoms with Crippen molar-refractivity contribution in [2.24, 2.45) is 4.99 Å². The van der Waals surface area contributed by atoms with Gasteiger partial charge in [0, 0.05) is 18.4 Å². The van der Waals surface area contributed by atoms with Gasteiger partial charge in [0.1, 0.15) is 10.4 Å². The molecule has 0 fully saturated rings. The maximum Gasteiger partial charge on any atom is 0.416 e. The van der Waals surface area contributed by atoms with E-state index in [0.29, 0.717) is 15.7 Å². The zero-order valence-corrected chi connectivity index (χ0v) is 17.0. The molecule has 0 radical (unpaired) electrons. The summed E-state index contributed by atoms with van der Waals surface area (Å²) in [4.78, 5) is 13.8. The van der Waals surface area contributed by atoms with Gasteiger partial charge in [-0.15, -0.1) is 0 Å².